The summed E-state index contributed by atoms with van der Waals surface area (Å²) in [6, 6.07) is 0. The van der Waals surface area contributed by atoms with Gasteiger partial charge in [0.2, 0.25) is 0 Å². The molecule has 0 saturated heterocycles. The van der Waals surface area contributed by atoms with Crippen molar-refractivity contribution in [3.63, 3.8) is 0 Å². The molecule has 1 aliphatic rings. The van der Waals surface area contributed by atoms with Crippen molar-refractivity contribution >= 4 is 0 Å². The number of hydrogen-bond donors (Lipinski definition) is 1. The van der Waals surface area contributed by atoms with Gasteiger partial charge in [0.15, 0.2) is 0 Å². The highest BCUT2D eigenvalue weighted by molar-refractivity contribution is 4.69. The molecule has 1 saturated carbocycles. The summed E-state index contributed by atoms with van der Waals surface area (Å²) in [4.78, 5) is 0. The highest BCUT2D eigenvalue weighted by Crippen LogP contribution is 2.23. The van der Waals surface area contributed by atoms with Gasteiger partial charge in [-0.2, -0.15) is 0 Å². The molecule has 0 aliphatic heterocycles. The monoisotopic (exact) mass is 183 g/mol. The molecule has 0 bridgehead atoms. The Labute approximate surface area is 83.3 Å². The predicted molar refractivity (Wildman–Crippen MR) is 59.0 cm³/mol. The van der Waals surface area contributed by atoms with E-state index in [1.165, 1.54) is 64.5 Å². The number of rotatable bonds is 7. The Morgan fingerprint density at radius 1 is 1.08 bits per heavy atom. The molecule has 13 heavy (non-hydrogen) atoms. The van der Waals surface area contributed by atoms with Crippen molar-refractivity contribution in [3.05, 3.63) is 0 Å². The SMILES string of the molecule is CCCCCCNCC1CCCC1. The second-order valence-electron chi connectivity index (χ2n) is 4.42. The normalized spacial score (nSPS) is 18.2. The fourth-order valence-electron chi connectivity index (χ4n) is 2.20. The molecule has 0 heterocycles. The first kappa shape index (κ1) is 11.0. The summed E-state index contributed by atoms with van der Waals surface area (Å²) in [6.45, 7) is 4.80. The number of hydrogen-bond acceptors (Lipinski definition) is 1. The summed E-state index contributed by atoms with van der Waals surface area (Å²) >= 11 is 0. The maximum atomic E-state index is 3.59. The summed E-state index contributed by atoms with van der Waals surface area (Å²) in [5, 5.41) is 3.59. The van der Waals surface area contributed by atoms with Crippen LogP contribution in [-0.2, 0) is 0 Å². The Morgan fingerprint density at radius 2 is 1.85 bits per heavy atom. The second-order valence-corrected chi connectivity index (χ2v) is 4.42. The quantitative estimate of drug-likeness (QED) is 0.597. The molecule has 0 radical (unpaired) electrons. The van der Waals surface area contributed by atoms with Gasteiger partial charge < -0.3 is 5.32 Å². The van der Waals surface area contributed by atoms with E-state index in [1.807, 2.05) is 0 Å². The van der Waals surface area contributed by atoms with Gasteiger partial charge in [0.05, 0.1) is 0 Å². The summed E-state index contributed by atoms with van der Waals surface area (Å²) in [6.07, 6.45) is 11.4. The molecular formula is C12H25N. The topological polar surface area (TPSA) is 12.0 Å². The minimum atomic E-state index is 1.01. The Bertz CT molecular complexity index is 106. The van der Waals surface area contributed by atoms with E-state index in [9.17, 15) is 0 Å². The van der Waals surface area contributed by atoms with Crippen molar-refractivity contribution in [2.75, 3.05) is 13.1 Å². The van der Waals surface area contributed by atoms with Crippen LogP contribution in [0.1, 0.15) is 58.3 Å². The molecule has 0 atom stereocenters. The minimum absolute atomic E-state index is 1.01. The first-order valence-corrected chi connectivity index (χ1v) is 6.14. The molecule has 1 N–H and O–H groups in total. The smallest absolute Gasteiger partial charge is 0.00205 e. The molecule has 1 aliphatic carbocycles. The first-order chi connectivity index (χ1) is 6.43. The summed E-state index contributed by atoms with van der Waals surface area (Å²) in [5.41, 5.74) is 0. The highest BCUT2D eigenvalue weighted by Gasteiger charge is 2.13. The lowest BCUT2D eigenvalue weighted by Crippen LogP contribution is -2.22. The summed E-state index contributed by atoms with van der Waals surface area (Å²) in [7, 11) is 0. The molecule has 0 aromatic carbocycles. The molecule has 1 fully saturated rings. The van der Waals surface area contributed by atoms with Crippen LogP contribution in [0.15, 0.2) is 0 Å². The van der Waals surface area contributed by atoms with E-state index in [0.29, 0.717) is 0 Å². The molecule has 0 aromatic rings. The van der Waals surface area contributed by atoms with Gasteiger partial charge >= 0.3 is 0 Å². The lowest BCUT2D eigenvalue weighted by atomic mass is 10.1. The zero-order valence-electron chi connectivity index (χ0n) is 9.15. The Morgan fingerprint density at radius 3 is 2.54 bits per heavy atom. The van der Waals surface area contributed by atoms with Gasteiger partial charge in [0, 0.05) is 0 Å². The number of nitrogens with one attached hydrogen (secondary N) is 1. The average molecular weight is 183 g/mol. The van der Waals surface area contributed by atoms with Gasteiger partial charge in [-0.15, -0.1) is 0 Å². The van der Waals surface area contributed by atoms with Gasteiger partial charge in [0.25, 0.3) is 0 Å². The van der Waals surface area contributed by atoms with Crippen LogP contribution in [0.3, 0.4) is 0 Å². The van der Waals surface area contributed by atoms with Crippen LogP contribution in [0.5, 0.6) is 0 Å². The first-order valence-electron chi connectivity index (χ1n) is 6.14. The summed E-state index contributed by atoms with van der Waals surface area (Å²) in [5.74, 6) is 1.01. The van der Waals surface area contributed by atoms with Crippen molar-refractivity contribution in [2.24, 2.45) is 5.92 Å². The molecule has 1 heteroatoms. The molecule has 78 valence electrons. The fraction of sp³-hybridized carbons (Fsp3) is 1.00. The van der Waals surface area contributed by atoms with Crippen LogP contribution in [0.25, 0.3) is 0 Å². The number of unbranched alkanes of at least 4 members (excludes halogenated alkanes) is 3. The van der Waals surface area contributed by atoms with E-state index in [2.05, 4.69) is 12.2 Å². The van der Waals surface area contributed by atoms with E-state index >= 15 is 0 Å². The van der Waals surface area contributed by atoms with Crippen molar-refractivity contribution in [3.8, 4) is 0 Å². The van der Waals surface area contributed by atoms with E-state index in [1.54, 1.807) is 0 Å². The minimum Gasteiger partial charge on any atom is -0.316 e. The molecule has 0 spiro atoms. The molecule has 0 aromatic heterocycles. The Hall–Kier alpha value is -0.0400. The van der Waals surface area contributed by atoms with Crippen molar-refractivity contribution in [2.45, 2.75) is 58.3 Å². The lowest BCUT2D eigenvalue weighted by Gasteiger charge is -2.09. The fourth-order valence-corrected chi connectivity index (χ4v) is 2.20. The predicted octanol–water partition coefficient (Wildman–Crippen LogP) is 3.35. The van der Waals surface area contributed by atoms with Crippen molar-refractivity contribution < 1.29 is 0 Å². The van der Waals surface area contributed by atoms with Crippen molar-refractivity contribution in [1.29, 1.82) is 0 Å². The van der Waals surface area contributed by atoms with E-state index in [0.717, 1.165) is 5.92 Å². The zero-order valence-corrected chi connectivity index (χ0v) is 9.15. The van der Waals surface area contributed by atoms with Crippen LogP contribution in [-0.4, -0.2) is 13.1 Å². The third kappa shape index (κ3) is 5.30. The Balaban J connectivity index is 1.78. The van der Waals surface area contributed by atoms with E-state index < -0.39 is 0 Å². The van der Waals surface area contributed by atoms with Gasteiger partial charge in [0.1, 0.15) is 0 Å². The van der Waals surface area contributed by atoms with Crippen molar-refractivity contribution in [1.82, 2.24) is 5.32 Å². The maximum absolute atomic E-state index is 3.59. The molecule has 0 unspecified atom stereocenters. The van der Waals surface area contributed by atoms with Crippen LogP contribution in [0.4, 0.5) is 0 Å². The summed E-state index contributed by atoms with van der Waals surface area (Å²) < 4.78 is 0. The highest BCUT2D eigenvalue weighted by atomic mass is 14.9. The third-order valence-electron chi connectivity index (χ3n) is 3.11. The van der Waals surface area contributed by atoms with E-state index in [-0.39, 0.29) is 0 Å². The van der Waals surface area contributed by atoms with Gasteiger partial charge in [-0.1, -0.05) is 39.0 Å². The maximum Gasteiger partial charge on any atom is -0.00205 e. The molecule has 1 rings (SSSR count). The second kappa shape index (κ2) is 7.37. The van der Waals surface area contributed by atoms with Crippen LogP contribution in [0, 0.1) is 5.92 Å². The lowest BCUT2D eigenvalue weighted by molar-refractivity contribution is 0.479. The standard InChI is InChI=1S/C12H25N/c1-2-3-4-7-10-13-11-12-8-5-6-9-12/h12-13H,2-11H2,1H3. The van der Waals surface area contributed by atoms with Crippen LogP contribution >= 0.6 is 0 Å². The van der Waals surface area contributed by atoms with Gasteiger partial charge in [-0.05, 0) is 38.3 Å². The molecular weight excluding hydrogens is 158 g/mol. The van der Waals surface area contributed by atoms with E-state index in [4.69, 9.17) is 0 Å². The largest absolute Gasteiger partial charge is 0.316 e. The Kier molecular flexibility index (Phi) is 6.26. The molecule has 0 amide bonds. The zero-order chi connectivity index (χ0) is 9.36. The van der Waals surface area contributed by atoms with Crippen LogP contribution in [0.2, 0.25) is 0 Å². The van der Waals surface area contributed by atoms with Gasteiger partial charge in [-0.25, -0.2) is 0 Å². The van der Waals surface area contributed by atoms with Gasteiger partial charge in [-0.3, -0.25) is 0 Å². The average Bonchev–Trinajstić information content (AvgIpc) is 2.63. The molecule has 1 nitrogen and oxygen atoms in total. The van der Waals surface area contributed by atoms with Crippen LogP contribution < -0.4 is 5.32 Å². The third-order valence-corrected chi connectivity index (χ3v) is 3.11.